The Balaban J connectivity index is 2.49. The van der Waals surface area contributed by atoms with Crippen molar-refractivity contribution in [3.05, 3.63) is 42.1 Å². The highest BCUT2D eigenvalue weighted by Gasteiger charge is 2.03. The lowest BCUT2D eigenvalue weighted by atomic mass is 10.1. The zero-order chi connectivity index (χ0) is 9.97. The molecule has 1 aromatic carbocycles. The van der Waals surface area contributed by atoms with Crippen LogP contribution < -0.4 is 0 Å². The predicted molar refractivity (Wildman–Crippen MR) is 54.5 cm³/mol. The number of carbonyl (C=O) groups excluding carboxylic acids is 1. The molecule has 2 rings (SSSR count). The molecule has 0 fully saturated rings. The summed E-state index contributed by atoms with van der Waals surface area (Å²) in [4.78, 5) is 10.4. The van der Waals surface area contributed by atoms with Gasteiger partial charge in [-0.05, 0) is 18.6 Å². The van der Waals surface area contributed by atoms with Crippen molar-refractivity contribution in [2.24, 2.45) is 0 Å². The maximum atomic E-state index is 10.4. The van der Waals surface area contributed by atoms with Crippen molar-refractivity contribution in [2.75, 3.05) is 0 Å². The zero-order valence-corrected chi connectivity index (χ0v) is 7.84. The molecule has 0 aliphatic heterocycles. The van der Waals surface area contributed by atoms with E-state index in [-0.39, 0.29) is 0 Å². The van der Waals surface area contributed by atoms with Crippen LogP contribution in [0.5, 0.6) is 0 Å². The highest BCUT2D eigenvalue weighted by molar-refractivity contribution is 5.64. The Morgan fingerprint density at radius 3 is 2.71 bits per heavy atom. The molecule has 0 spiro atoms. The van der Waals surface area contributed by atoms with Gasteiger partial charge in [-0.3, -0.25) is 4.79 Å². The maximum Gasteiger partial charge on any atom is 0.234 e. The third-order valence-electron chi connectivity index (χ3n) is 2.14. The van der Waals surface area contributed by atoms with Crippen LogP contribution in [0.25, 0.3) is 11.3 Å². The Kier molecular flexibility index (Phi) is 2.14. The van der Waals surface area contributed by atoms with Gasteiger partial charge in [0.05, 0.1) is 5.69 Å². The zero-order valence-electron chi connectivity index (χ0n) is 7.84. The minimum atomic E-state index is 0.682. The van der Waals surface area contributed by atoms with Gasteiger partial charge in [0.1, 0.15) is 0 Å². The lowest BCUT2D eigenvalue weighted by Crippen LogP contribution is -1.94. The molecule has 3 heteroatoms. The molecule has 0 aliphatic carbocycles. The molecule has 70 valence electrons. The van der Waals surface area contributed by atoms with E-state index in [1.807, 2.05) is 37.3 Å². The van der Waals surface area contributed by atoms with Gasteiger partial charge in [0.15, 0.2) is 0 Å². The molecular formula is C11H10N2O. The van der Waals surface area contributed by atoms with Crippen LogP contribution in [0.3, 0.4) is 0 Å². The van der Waals surface area contributed by atoms with Crippen molar-refractivity contribution in [1.82, 2.24) is 9.78 Å². The second-order valence-corrected chi connectivity index (χ2v) is 3.10. The van der Waals surface area contributed by atoms with Crippen LogP contribution in [0.15, 0.2) is 36.5 Å². The molecule has 0 saturated carbocycles. The first kappa shape index (κ1) is 8.69. The number of aryl methyl sites for hydroxylation is 1. The van der Waals surface area contributed by atoms with Crippen LogP contribution in [0.2, 0.25) is 0 Å². The van der Waals surface area contributed by atoms with E-state index in [0.717, 1.165) is 16.8 Å². The van der Waals surface area contributed by atoms with Crippen molar-refractivity contribution in [3.8, 4) is 11.3 Å². The normalized spacial score (nSPS) is 10.1. The Morgan fingerprint density at radius 1 is 1.29 bits per heavy atom. The van der Waals surface area contributed by atoms with E-state index in [1.54, 1.807) is 6.20 Å². The number of aromatic nitrogens is 2. The van der Waals surface area contributed by atoms with Crippen LogP contribution in [-0.4, -0.2) is 16.2 Å². The van der Waals surface area contributed by atoms with E-state index >= 15 is 0 Å². The second kappa shape index (κ2) is 3.46. The van der Waals surface area contributed by atoms with Crippen LogP contribution in [0, 0.1) is 6.92 Å². The molecule has 0 unspecified atom stereocenters. The molecular weight excluding hydrogens is 176 g/mol. The molecule has 2 aromatic rings. The van der Waals surface area contributed by atoms with Gasteiger partial charge >= 0.3 is 0 Å². The quantitative estimate of drug-likeness (QED) is 0.671. The summed E-state index contributed by atoms with van der Waals surface area (Å²) in [5.41, 5.74) is 3.05. The first-order chi connectivity index (χ1) is 6.81. The molecule has 1 aromatic heterocycles. The molecule has 0 radical (unpaired) electrons. The third kappa shape index (κ3) is 1.44. The molecule has 0 atom stereocenters. The Morgan fingerprint density at radius 2 is 2.07 bits per heavy atom. The molecule has 0 amide bonds. The fraction of sp³-hybridized carbons (Fsp3) is 0.0909. The summed E-state index contributed by atoms with van der Waals surface area (Å²) in [7, 11) is 0. The van der Waals surface area contributed by atoms with Gasteiger partial charge in [-0.15, -0.1) is 0 Å². The monoisotopic (exact) mass is 186 g/mol. The average Bonchev–Trinajstić information content (AvgIpc) is 2.67. The summed E-state index contributed by atoms with van der Waals surface area (Å²) >= 11 is 0. The standard InChI is InChI=1S/C11H10N2O/c1-9-4-2-3-5-10(9)11-6-7-13(8-14)12-11/h2-8H,1H3. The van der Waals surface area contributed by atoms with Gasteiger partial charge in [0.25, 0.3) is 0 Å². The van der Waals surface area contributed by atoms with E-state index in [2.05, 4.69) is 5.10 Å². The first-order valence-corrected chi connectivity index (χ1v) is 4.38. The van der Waals surface area contributed by atoms with Crippen LogP contribution in [0.4, 0.5) is 0 Å². The summed E-state index contributed by atoms with van der Waals surface area (Å²) in [5, 5.41) is 4.11. The van der Waals surface area contributed by atoms with Gasteiger partial charge < -0.3 is 0 Å². The highest BCUT2D eigenvalue weighted by Crippen LogP contribution is 2.20. The van der Waals surface area contributed by atoms with E-state index < -0.39 is 0 Å². The molecule has 0 N–H and O–H groups in total. The Hall–Kier alpha value is -1.90. The minimum absolute atomic E-state index is 0.682. The molecule has 1 heterocycles. The summed E-state index contributed by atoms with van der Waals surface area (Å²) in [6.07, 6.45) is 2.33. The first-order valence-electron chi connectivity index (χ1n) is 4.38. The summed E-state index contributed by atoms with van der Waals surface area (Å²) in [6.45, 7) is 2.02. The van der Waals surface area contributed by atoms with Gasteiger partial charge in [-0.2, -0.15) is 5.10 Å². The van der Waals surface area contributed by atoms with Crippen molar-refractivity contribution in [3.63, 3.8) is 0 Å². The van der Waals surface area contributed by atoms with E-state index in [1.165, 1.54) is 4.68 Å². The van der Waals surface area contributed by atoms with Gasteiger partial charge in [-0.25, -0.2) is 4.68 Å². The van der Waals surface area contributed by atoms with Crippen LogP contribution >= 0.6 is 0 Å². The smallest absolute Gasteiger partial charge is 0.234 e. The molecule has 14 heavy (non-hydrogen) atoms. The summed E-state index contributed by atoms with van der Waals surface area (Å²) < 4.78 is 1.27. The van der Waals surface area contributed by atoms with E-state index in [4.69, 9.17) is 0 Å². The van der Waals surface area contributed by atoms with Gasteiger partial charge in [-0.1, -0.05) is 24.3 Å². The van der Waals surface area contributed by atoms with E-state index in [9.17, 15) is 4.79 Å². The molecule has 0 saturated heterocycles. The molecule has 3 nitrogen and oxygen atoms in total. The fourth-order valence-electron chi connectivity index (χ4n) is 1.40. The number of nitrogens with zero attached hydrogens (tertiary/aromatic N) is 2. The number of rotatable bonds is 2. The van der Waals surface area contributed by atoms with Crippen LogP contribution in [0.1, 0.15) is 5.56 Å². The summed E-state index contributed by atoms with van der Waals surface area (Å²) in [6, 6.07) is 9.79. The van der Waals surface area contributed by atoms with Crippen molar-refractivity contribution in [1.29, 1.82) is 0 Å². The lowest BCUT2D eigenvalue weighted by molar-refractivity contribution is 0.541. The number of benzene rings is 1. The number of carbonyl (C=O) groups is 1. The van der Waals surface area contributed by atoms with Crippen LogP contribution in [-0.2, 0) is 4.79 Å². The average molecular weight is 186 g/mol. The second-order valence-electron chi connectivity index (χ2n) is 3.10. The lowest BCUT2D eigenvalue weighted by Gasteiger charge is -2.00. The van der Waals surface area contributed by atoms with Gasteiger partial charge in [0.2, 0.25) is 6.41 Å². The number of hydrogen-bond acceptors (Lipinski definition) is 2. The Bertz CT molecular complexity index is 460. The van der Waals surface area contributed by atoms with E-state index in [0.29, 0.717) is 6.41 Å². The fourth-order valence-corrected chi connectivity index (χ4v) is 1.40. The topological polar surface area (TPSA) is 34.9 Å². The highest BCUT2D eigenvalue weighted by atomic mass is 16.1. The number of hydrogen-bond donors (Lipinski definition) is 0. The Labute approximate surface area is 82.0 Å². The third-order valence-corrected chi connectivity index (χ3v) is 2.14. The largest absolute Gasteiger partial charge is 0.276 e. The minimum Gasteiger partial charge on any atom is -0.276 e. The van der Waals surface area contributed by atoms with Crippen molar-refractivity contribution >= 4 is 6.41 Å². The maximum absolute atomic E-state index is 10.4. The summed E-state index contributed by atoms with van der Waals surface area (Å²) in [5.74, 6) is 0. The molecule has 0 aliphatic rings. The predicted octanol–water partition coefficient (Wildman–Crippen LogP) is 1.90. The van der Waals surface area contributed by atoms with Crippen molar-refractivity contribution < 1.29 is 4.79 Å². The SMILES string of the molecule is Cc1ccccc1-c1ccn(C=O)n1. The molecule has 0 bridgehead atoms. The van der Waals surface area contributed by atoms with Crippen molar-refractivity contribution in [2.45, 2.75) is 6.92 Å². The van der Waals surface area contributed by atoms with Gasteiger partial charge in [0, 0.05) is 11.8 Å².